The summed E-state index contributed by atoms with van der Waals surface area (Å²) >= 11 is 3.45. The van der Waals surface area contributed by atoms with Crippen molar-refractivity contribution in [3.05, 3.63) is 40.6 Å². The van der Waals surface area contributed by atoms with Crippen LogP contribution in [-0.2, 0) is 0 Å². The smallest absolute Gasteiger partial charge is 0.0346 e. The molecule has 14 heavy (non-hydrogen) atoms. The van der Waals surface area contributed by atoms with Crippen molar-refractivity contribution < 1.29 is 0 Å². The minimum absolute atomic E-state index is 1.12. The van der Waals surface area contributed by atoms with Crippen LogP contribution in [0.25, 0.3) is 10.8 Å². The summed E-state index contributed by atoms with van der Waals surface area (Å²) in [5, 5.41) is 2.46. The fourth-order valence-electron chi connectivity index (χ4n) is 1.28. The highest BCUT2D eigenvalue weighted by atomic mass is 79.9. The number of aromatic nitrogens is 1. The first-order valence-electron chi connectivity index (χ1n) is 4.77. The van der Waals surface area contributed by atoms with Crippen molar-refractivity contribution in [2.24, 2.45) is 0 Å². The number of fused-ring (bicyclic) bond motifs is 1. The van der Waals surface area contributed by atoms with Crippen molar-refractivity contribution in [1.29, 1.82) is 0 Å². The highest BCUT2D eigenvalue weighted by Gasteiger charge is 1.96. The summed E-state index contributed by atoms with van der Waals surface area (Å²) in [5.74, 6) is 0. The van der Waals surface area contributed by atoms with Crippen LogP contribution in [-0.4, -0.2) is 4.98 Å². The van der Waals surface area contributed by atoms with Crippen LogP contribution in [0.3, 0.4) is 0 Å². The summed E-state index contributed by atoms with van der Waals surface area (Å²) in [4.78, 5) is 4.13. The summed E-state index contributed by atoms with van der Waals surface area (Å²) in [7, 11) is 0. The van der Waals surface area contributed by atoms with Gasteiger partial charge in [0.2, 0.25) is 0 Å². The van der Waals surface area contributed by atoms with Gasteiger partial charge < -0.3 is 0 Å². The highest BCUT2D eigenvalue weighted by Crippen LogP contribution is 2.21. The van der Waals surface area contributed by atoms with Gasteiger partial charge in [0.25, 0.3) is 0 Å². The number of halogens is 1. The van der Waals surface area contributed by atoms with Crippen molar-refractivity contribution in [2.45, 2.75) is 20.8 Å². The molecule has 0 aliphatic rings. The summed E-state index contributed by atoms with van der Waals surface area (Å²) < 4.78 is 1.12. The van der Waals surface area contributed by atoms with E-state index in [1.54, 1.807) is 0 Å². The van der Waals surface area contributed by atoms with E-state index in [1.165, 1.54) is 16.3 Å². The zero-order valence-corrected chi connectivity index (χ0v) is 10.3. The monoisotopic (exact) mass is 251 g/mol. The maximum Gasteiger partial charge on any atom is 0.0346 e. The van der Waals surface area contributed by atoms with Gasteiger partial charge in [-0.25, -0.2) is 0 Å². The zero-order valence-electron chi connectivity index (χ0n) is 8.71. The first-order chi connectivity index (χ1) is 6.77. The van der Waals surface area contributed by atoms with Crippen LogP contribution in [0.2, 0.25) is 0 Å². The number of benzene rings is 1. The molecule has 74 valence electrons. The van der Waals surface area contributed by atoms with Crippen LogP contribution < -0.4 is 0 Å². The molecule has 1 aromatic carbocycles. The minimum atomic E-state index is 1.12. The van der Waals surface area contributed by atoms with Gasteiger partial charge in [-0.05, 0) is 30.0 Å². The van der Waals surface area contributed by atoms with E-state index in [0.717, 1.165) is 4.47 Å². The summed E-state index contributed by atoms with van der Waals surface area (Å²) in [6.07, 6.45) is 3.77. The van der Waals surface area contributed by atoms with Crippen LogP contribution in [0.4, 0.5) is 0 Å². The Morgan fingerprint density at radius 3 is 2.57 bits per heavy atom. The van der Waals surface area contributed by atoms with E-state index in [0.29, 0.717) is 0 Å². The van der Waals surface area contributed by atoms with Crippen molar-refractivity contribution in [3.8, 4) is 0 Å². The molecule has 0 atom stereocenters. The second-order valence-corrected chi connectivity index (χ2v) is 3.74. The lowest BCUT2D eigenvalue weighted by Crippen LogP contribution is -1.80. The molecule has 0 aliphatic heterocycles. The molecule has 2 heteroatoms. The SMILES string of the molecule is CC.Cc1cncc2ccc(Br)cc12. The predicted octanol–water partition coefficient (Wildman–Crippen LogP) is 4.33. The lowest BCUT2D eigenvalue weighted by Gasteiger charge is -2.00. The first kappa shape index (κ1) is 11.2. The van der Waals surface area contributed by atoms with Crippen molar-refractivity contribution in [2.75, 3.05) is 0 Å². The molecule has 0 saturated carbocycles. The van der Waals surface area contributed by atoms with Gasteiger partial charge in [-0.1, -0.05) is 35.8 Å². The third-order valence-corrected chi connectivity index (χ3v) is 2.42. The zero-order chi connectivity index (χ0) is 10.6. The number of hydrogen-bond acceptors (Lipinski definition) is 1. The fourth-order valence-corrected chi connectivity index (χ4v) is 1.64. The molecule has 2 aromatic rings. The van der Waals surface area contributed by atoms with Gasteiger partial charge >= 0.3 is 0 Å². The lowest BCUT2D eigenvalue weighted by atomic mass is 10.1. The Bertz CT molecular complexity index is 424. The first-order valence-corrected chi connectivity index (χ1v) is 5.56. The Labute approximate surface area is 93.3 Å². The molecule has 0 fully saturated rings. The highest BCUT2D eigenvalue weighted by molar-refractivity contribution is 9.10. The molecule has 0 saturated heterocycles. The van der Waals surface area contributed by atoms with Gasteiger partial charge in [0.05, 0.1) is 0 Å². The standard InChI is InChI=1S/C10H8BrN.C2H6/c1-7-5-12-6-8-2-3-9(11)4-10(7)8;1-2/h2-6H,1H3;1-2H3. The van der Waals surface area contributed by atoms with E-state index in [2.05, 4.69) is 40.0 Å². The molecular formula is C12H14BrN. The summed E-state index contributed by atoms with van der Waals surface area (Å²) in [6, 6.07) is 6.22. The lowest BCUT2D eigenvalue weighted by molar-refractivity contribution is 1.31. The second kappa shape index (κ2) is 5.11. The molecule has 1 heterocycles. The molecule has 0 N–H and O–H groups in total. The maximum absolute atomic E-state index is 4.13. The summed E-state index contributed by atoms with van der Waals surface area (Å²) in [5.41, 5.74) is 1.22. The van der Waals surface area contributed by atoms with Crippen LogP contribution in [0.1, 0.15) is 19.4 Å². The van der Waals surface area contributed by atoms with Gasteiger partial charge in [0, 0.05) is 22.3 Å². The topological polar surface area (TPSA) is 12.9 Å². The number of aryl methyl sites for hydroxylation is 1. The molecular weight excluding hydrogens is 238 g/mol. The van der Waals surface area contributed by atoms with Crippen molar-refractivity contribution >= 4 is 26.7 Å². The maximum atomic E-state index is 4.13. The molecule has 0 radical (unpaired) electrons. The molecule has 1 aromatic heterocycles. The molecule has 0 unspecified atom stereocenters. The normalized spacial score (nSPS) is 9.43. The van der Waals surface area contributed by atoms with Crippen molar-refractivity contribution in [3.63, 3.8) is 0 Å². The number of nitrogens with zero attached hydrogens (tertiary/aromatic N) is 1. The van der Waals surface area contributed by atoms with Gasteiger partial charge in [-0.2, -0.15) is 0 Å². The van der Waals surface area contributed by atoms with Crippen LogP contribution in [0, 0.1) is 6.92 Å². The third kappa shape index (κ3) is 2.32. The minimum Gasteiger partial charge on any atom is -0.264 e. The molecule has 0 aliphatic carbocycles. The molecule has 0 amide bonds. The van der Waals surface area contributed by atoms with E-state index in [-0.39, 0.29) is 0 Å². The largest absolute Gasteiger partial charge is 0.264 e. The Hall–Kier alpha value is -0.890. The Balaban J connectivity index is 0.000000461. The predicted molar refractivity (Wildman–Crippen MR) is 65.5 cm³/mol. The van der Waals surface area contributed by atoms with Crippen molar-refractivity contribution in [1.82, 2.24) is 4.98 Å². The Morgan fingerprint density at radius 1 is 1.14 bits per heavy atom. The fraction of sp³-hybridized carbons (Fsp3) is 0.250. The molecule has 1 nitrogen and oxygen atoms in total. The molecule has 0 spiro atoms. The third-order valence-electron chi connectivity index (χ3n) is 1.92. The van der Waals surface area contributed by atoms with E-state index < -0.39 is 0 Å². The van der Waals surface area contributed by atoms with Gasteiger partial charge in [0.1, 0.15) is 0 Å². The van der Waals surface area contributed by atoms with Gasteiger partial charge in [-0.15, -0.1) is 0 Å². The number of hydrogen-bond donors (Lipinski definition) is 0. The Morgan fingerprint density at radius 2 is 1.86 bits per heavy atom. The van der Waals surface area contributed by atoms with Gasteiger partial charge in [-0.3, -0.25) is 4.98 Å². The van der Waals surface area contributed by atoms with E-state index >= 15 is 0 Å². The average Bonchev–Trinajstić information content (AvgIpc) is 2.22. The van der Waals surface area contributed by atoms with E-state index in [1.807, 2.05) is 32.3 Å². The second-order valence-electron chi connectivity index (χ2n) is 2.82. The van der Waals surface area contributed by atoms with Crippen LogP contribution in [0.5, 0.6) is 0 Å². The quantitative estimate of drug-likeness (QED) is 0.679. The number of pyridine rings is 1. The van der Waals surface area contributed by atoms with E-state index in [4.69, 9.17) is 0 Å². The van der Waals surface area contributed by atoms with Crippen LogP contribution in [0.15, 0.2) is 35.1 Å². The number of rotatable bonds is 0. The molecule has 2 rings (SSSR count). The summed E-state index contributed by atoms with van der Waals surface area (Å²) in [6.45, 7) is 6.07. The van der Waals surface area contributed by atoms with Crippen LogP contribution >= 0.6 is 15.9 Å². The van der Waals surface area contributed by atoms with Gasteiger partial charge in [0.15, 0.2) is 0 Å². The van der Waals surface area contributed by atoms with E-state index in [9.17, 15) is 0 Å². The average molecular weight is 252 g/mol. The molecule has 0 bridgehead atoms. The Kier molecular flexibility index (Phi) is 4.08.